The predicted molar refractivity (Wildman–Crippen MR) is 69.9 cm³/mol. The smallest absolute Gasteiger partial charge is 0.243 e. The molecule has 102 valence electrons. The van der Waals surface area contributed by atoms with E-state index in [2.05, 4.69) is 25.3 Å². The third kappa shape index (κ3) is 3.64. The van der Waals surface area contributed by atoms with E-state index in [1.807, 2.05) is 0 Å². The number of carbonyl (C=O) groups excluding carboxylic acids is 1. The molecule has 0 aliphatic carbocycles. The van der Waals surface area contributed by atoms with E-state index in [0.717, 1.165) is 0 Å². The number of primary amides is 1. The van der Waals surface area contributed by atoms with Gasteiger partial charge in [-0.15, -0.1) is 0 Å². The van der Waals surface area contributed by atoms with Crippen molar-refractivity contribution < 1.29 is 4.79 Å². The van der Waals surface area contributed by atoms with Gasteiger partial charge in [0.1, 0.15) is 5.54 Å². The first-order valence-corrected chi connectivity index (χ1v) is 5.86. The van der Waals surface area contributed by atoms with Gasteiger partial charge in [-0.1, -0.05) is 5.11 Å². The summed E-state index contributed by atoms with van der Waals surface area (Å²) in [6.45, 7) is 4.28. The summed E-state index contributed by atoms with van der Waals surface area (Å²) in [5.41, 5.74) is 13.7. The summed E-state index contributed by atoms with van der Waals surface area (Å²) in [5.74, 6) is -0.528. The number of carbonyl (C=O) groups is 1. The Morgan fingerprint density at radius 2 is 2.26 bits per heavy atom. The predicted octanol–water partition coefficient (Wildman–Crippen LogP) is 0.776. The lowest BCUT2D eigenvalue weighted by molar-refractivity contribution is -0.124. The number of aromatic nitrogens is 2. The Morgan fingerprint density at radius 3 is 2.84 bits per heavy atom. The number of amides is 1. The average molecular weight is 263 g/mol. The van der Waals surface area contributed by atoms with Crippen LogP contribution < -0.4 is 11.1 Å². The summed E-state index contributed by atoms with van der Waals surface area (Å²) < 4.78 is 0. The van der Waals surface area contributed by atoms with Crippen LogP contribution in [0.15, 0.2) is 17.5 Å². The van der Waals surface area contributed by atoms with E-state index in [9.17, 15) is 4.79 Å². The van der Waals surface area contributed by atoms with Crippen LogP contribution in [0.4, 0.5) is 0 Å². The summed E-state index contributed by atoms with van der Waals surface area (Å²) in [7, 11) is 0. The minimum absolute atomic E-state index is 0.359. The Morgan fingerprint density at radius 1 is 1.58 bits per heavy atom. The second-order valence-corrected chi connectivity index (χ2v) is 4.21. The van der Waals surface area contributed by atoms with Crippen molar-refractivity contribution in [3.8, 4) is 0 Å². The molecule has 1 amide bonds. The number of hydrogen-bond acceptors (Lipinski definition) is 5. The molecule has 0 spiro atoms. The van der Waals surface area contributed by atoms with Gasteiger partial charge in [-0.25, -0.2) is 0 Å². The summed E-state index contributed by atoms with van der Waals surface area (Å²) in [5, 5.41) is 6.47. The number of nitrogens with zero attached hydrogens (tertiary/aromatic N) is 5. The molecule has 1 rings (SSSR count). The van der Waals surface area contributed by atoms with Crippen LogP contribution in [-0.4, -0.2) is 29.0 Å². The number of nitrogens with one attached hydrogen (secondary N) is 1. The molecule has 1 aromatic heterocycles. The highest BCUT2D eigenvalue weighted by molar-refractivity contribution is 5.85. The van der Waals surface area contributed by atoms with E-state index < -0.39 is 11.4 Å². The molecule has 0 fully saturated rings. The summed E-state index contributed by atoms with van der Waals surface area (Å²) in [6, 6.07) is 0. The van der Waals surface area contributed by atoms with Crippen molar-refractivity contribution in [3.63, 3.8) is 0 Å². The standard InChI is InChI=1S/C11H17N7O/c1-8-9(15-7-6-14-8)11(2,10(12)19)16-4-3-5-17-18-13/h6-7,16H,3-5H2,1-2H3,(H2,12,19). The van der Waals surface area contributed by atoms with Crippen LogP contribution in [0.2, 0.25) is 0 Å². The highest BCUT2D eigenvalue weighted by Crippen LogP contribution is 2.20. The normalized spacial score (nSPS) is 13.4. The fourth-order valence-corrected chi connectivity index (χ4v) is 1.72. The first kappa shape index (κ1) is 14.9. The maximum atomic E-state index is 11.7. The van der Waals surface area contributed by atoms with Gasteiger partial charge in [0.25, 0.3) is 0 Å². The molecule has 1 unspecified atom stereocenters. The maximum Gasteiger partial charge on any atom is 0.243 e. The van der Waals surface area contributed by atoms with Gasteiger partial charge in [0.2, 0.25) is 5.91 Å². The number of rotatable bonds is 7. The van der Waals surface area contributed by atoms with Gasteiger partial charge in [-0.3, -0.25) is 20.1 Å². The molecule has 1 atom stereocenters. The van der Waals surface area contributed by atoms with Gasteiger partial charge in [-0.05, 0) is 32.3 Å². The topological polar surface area (TPSA) is 130 Å². The molecule has 0 aromatic carbocycles. The zero-order valence-corrected chi connectivity index (χ0v) is 11.0. The first-order chi connectivity index (χ1) is 9.02. The van der Waals surface area contributed by atoms with Gasteiger partial charge in [0, 0.05) is 23.9 Å². The molecule has 0 saturated carbocycles. The fraction of sp³-hybridized carbons (Fsp3) is 0.545. The molecule has 0 aliphatic rings. The number of azide groups is 1. The summed E-state index contributed by atoms with van der Waals surface area (Å²) in [4.78, 5) is 22.7. The van der Waals surface area contributed by atoms with E-state index >= 15 is 0 Å². The second kappa shape index (κ2) is 6.67. The Balaban J connectivity index is 2.83. The lowest BCUT2D eigenvalue weighted by Crippen LogP contribution is -2.51. The van der Waals surface area contributed by atoms with E-state index in [-0.39, 0.29) is 0 Å². The monoisotopic (exact) mass is 263 g/mol. The third-order valence-corrected chi connectivity index (χ3v) is 2.82. The molecule has 0 radical (unpaired) electrons. The molecule has 3 N–H and O–H groups in total. The molecular weight excluding hydrogens is 246 g/mol. The molecule has 8 heteroatoms. The van der Waals surface area contributed by atoms with Gasteiger partial charge in [-0.2, -0.15) is 0 Å². The molecule has 0 bridgehead atoms. The van der Waals surface area contributed by atoms with Crippen LogP contribution in [0.5, 0.6) is 0 Å². The molecule has 0 aliphatic heterocycles. The van der Waals surface area contributed by atoms with Gasteiger partial charge in [0.15, 0.2) is 0 Å². The van der Waals surface area contributed by atoms with Crippen molar-refractivity contribution in [2.24, 2.45) is 10.8 Å². The molecular formula is C11H17N7O. The quantitative estimate of drug-likeness (QED) is 0.325. The Labute approximate surface area is 111 Å². The number of nitrogens with two attached hydrogens (primary N) is 1. The van der Waals surface area contributed by atoms with Gasteiger partial charge < -0.3 is 5.73 Å². The van der Waals surface area contributed by atoms with Gasteiger partial charge >= 0.3 is 0 Å². The molecule has 19 heavy (non-hydrogen) atoms. The molecule has 1 aromatic rings. The minimum Gasteiger partial charge on any atom is -0.368 e. The van der Waals surface area contributed by atoms with Crippen molar-refractivity contribution in [1.29, 1.82) is 0 Å². The van der Waals surface area contributed by atoms with Gasteiger partial charge in [0.05, 0.1) is 11.4 Å². The lowest BCUT2D eigenvalue weighted by Gasteiger charge is -2.27. The van der Waals surface area contributed by atoms with E-state index in [4.69, 9.17) is 11.3 Å². The van der Waals surface area contributed by atoms with Crippen molar-refractivity contribution >= 4 is 5.91 Å². The highest BCUT2D eigenvalue weighted by Gasteiger charge is 2.35. The SMILES string of the molecule is Cc1nccnc1C(C)(NCCCN=[N+]=[N-])C(N)=O. The number of aryl methyl sites for hydroxylation is 1. The number of hydrogen-bond donors (Lipinski definition) is 2. The van der Waals surface area contributed by atoms with Crippen LogP contribution in [0, 0.1) is 6.92 Å². The summed E-state index contributed by atoms with van der Waals surface area (Å²) >= 11 is 0. The third-order valence-electron chi connectivity index (χ3n) is 2.82. The van der Waals surface area contributed by atoms with E-state index in [1.54, 1.807) is 20.0 Å². The summed E-state index contributed by atoms with van der Waals surface area (Å²) in [6.07, 6.45) is 3.68. The Hall–Kier alpha value is -2.18. The molecule has 0 saturated heterocycles. The Kier molecular flexibility index (Phi) is 5.23. The van der Waals surface area contributed by atoms with Crippen LogP contribution >= 0.6 is 0 Å². The fourth-order valence-electron chi connectivity index (χ4n) is 1.72. The first-order valence-electron chi connectivity index (χ1n) is 5.86. The van der Waals surface area contributed by atoms with Crippen molar-refractivity contribution in [1.82, 2.24) is 15.3 Å². The zero-order valence-electron chi connectivity index (χ0n) is 11.0. The molecule has 8 nitrogen and oxygen atoms in total. The largest absolute Gasteiger partial charge is 0.368 e. The zero-order chi connectivity index (χ0) is 14.3. The van der Waals surface area contributed by atoms with Crippen molar-refractivity contribution in [3.05, 3.63) is 34.2 Å². The maximum absolute atomic E-state index is 11.7. The molecule has 1 heterocycles. The van der Waals surface area contributed by atoms with Crippen LogP contribution in [0.1, 0.15) is 24.7 Å². The Bertz CT molecular complexity index is 498. The highest BCUT2D eigenvalue weighted by atomic mass is 16.1. The lowest BCUT2D eigenvalue weighted by atomic mass is 9.94. The minimum atomic E-state index is -1.09. The second-order valence-electron chi connectivity index (χ2n) is 4.21. The average Bonchev–Trinajstić information content (AvgIpc) is 2.38. The van der Waals surface area contributed by atoms with Crippen molar-refractivity contribution in [2.45, 2.75) is 25.8 Å². The van der Waals surface area contributed by atoms with E-state index in [1.165, 1.54) is 6.20 Å². The van der Waals surface area contributed by atoms with Crippen LogP contribution in [-0.2, 0) is 10.3 Å². The van der Waals surface area contributed by atoms with Crippen molar-refractivity contribution in [2.75, 3.05) is 13.1 Å². The van der Waals surface area contributed by atoms with Crippen LogP contribution in [0.3, 0.4) is 0 Å². The van der Waals surface area contributed by atoms with Crippen LogP contribution in [0.25, 0.3) is 10.4 Å². The van der Waals surface area contributed by atoms with E-state index in [0.29, 0.717) is 30.9 Å².